The Labute approximate surface area is 106 Å². The molecule has 0 aromatic carbocycles. The summed E-state index contributed by atoms with van der Waals surface area (Å²) in [6.45, 7) is 3.93. The van der Waals surface area contributed by atoms with Crippen LogP contribution in [-0.2, 0) is 7.05 Å². The third-order valence-corrected chi connectivity index (χ3v) is 3.13. The van der Waals surface area contributed by atoms with Crippen LogP contribution < -0.4 is 5.32 Å². The van der Waals surface area contributed by atoms with E-state index in [-0.39, 0.29) is 11.9 Å². The van der Waals surface area contributed by atoms with Gasteiger partial charge in [-0.2, -0.15) is 5.10 Å². The highest BCUT2D eigenvalue weighted by Gasteiger charge is 2.18. The van der Waals surface area contributed by atoms with Crippen molar-refractivity contribution < 1.29 is 4.79 Å². The second-order valence-electron chi connectivity index (χ2n) is 4.33. The Kier molecular flexibility index (Phi) is 3.50. The van der Waals surface area contributed by atoms with Gasteiger partial charge in [0.1, 0.15) is 0 Å². The van der Waals surface area contributed by atoms with Gasteiger partial charge < -0.3 is 10.3 Å². The molecule has 18 heavy (non-hydrogen) atoms. The van der Waals surface area contributed by atoms with Crippen LogP contribution >= 0.6 is 0 Å². The number of amides is 1. The molecule has 0 saturated carbocycles. The summed E-state index contributed by atoms with van der Waals surface area (Å²) in [7, 11) is 1.88. The van der Waals surface area contributed by atoms with Crippen molar-refractivity contribution in [3.8, 4) is 0 Å². The minimum atomic E-state index is -0.0539. The first-order valence-electron chi connectivity index (χ1n) is 6.06. The molecule has 1 amide bonds. The van der Waals surface area contributed by atoms with Crippen LogP contribution in [0, 0.1) is 6.92 Å². The first-order valence-corrected chi connectivity index (χ1v) is 6.06. The maximum atomic E-state index is 12.1. The van der Waals surface area contributed by atoms with E-state index in [0.717, 1.165) is 17.8 Å². The fourth-order valence-corrected chi connectivity index (χ4v) is 2.05. The normalized spacial score (nSPS) is 12.4. The number of nitrogens with one attached hydrogen (secondary N) is 2. The summed E-state index contributed by atoms with van der Waals surface area (Å²) in [5.74, 6) is -0.0539. The number of hydrogen-bond donors (Lipinski definition) is 2. The maximum Gasteiger partial charge on any atom is 0.253 e. The van der Waals surface area contributed by atoms with E-state index in [4.69, 9.17) is 0 Å². The number of aryl methyl sites for hydroxylation is 2. The van der Waals surface area contributed by atoms with Gasteiger partial charge in [0.2, 0.25) is 0 Å². The Morgan fingerprint density at radius 3 is 2.83 bits per heavy atom. The highest BCUT2D eigenvalue weighted by Crippen LogP contribution is 2.16. The molecule has 2 N–H and O–H groups in total. The third kappa shape index (κ3) is 2.30. The Morgan fingerprint density at radius 1 is 1.56 bits per heavy atom. The van der Waals surface area contributed by atoms with E-state index >= 15 is 0 Å². The monoisotopic (exact) mass is 246 g/mol. The molecule has 1 atom stereocenters. The SMILES string of the molecule is CCC(NC(=O)c1cc[nH]c1C)c1ccnn1C. The number of H-pyrrole nitrogens is 1. The summed E-state index contributed by atoms with van der Waals surface area (Å²) in [6, 6.07) is 3.71. The predicted molar refractivity (Wildman–Crippen MR) is 69.2 cm³/mol. The lowest BCUT2D eigenvalue weighted by Crippen LogP contribution is -2.29. The first-order chi connectivity index (χ1) is 8.63. The highest BCUT2D eigenvalue weighted by molar-refractivity contribution is 5.95. The Bertz CT molecular complexity index is 541. The fourth-order valence-electron chi connectivity index (χ4n) is 2.05. The number of carbonyl (C=O) groups is 1. The van der Waals surface area contributed by atoms with E-state index in [1.165, 1.54) is 0 Å². The average molecular weight is 246 g/mol. The van der Waals surface area contributed by atoms with Gasteiger partial charge in [0.05, 0.1) is 17.3 Å². The van der Waals surface area contributed by atoms with Gasteiger partial charge in [0, 0.05) is 25.1 Å². The summed E-state index contributed by atoms with van der Waals surface area (Å²) in [4.78, 5) is 15.2. The van der Waals surface area contributed by atoms with Crippen molar-refractivity contribution in [3.05, 3.63) is 41.5 Å². The zero-order chi connectivity index (χ0) is 13.1. The molecule has 0 aliphatic carbocycles. The molecule has 0 radical (unpaired) electrons. The van der Waals surface area contributed by atoms with Crippen LogP contribution in [-0.4, -0.2) is 20.7 Å². The summed E-state index contributed by atoms with van der Waals surface area (Å²) in [5.41, 5.74) is 2.59. The van der Waals surface area contributed by atoms with E-state index in [1.54, 1.807) is 23.1 Å². The van der Waals surface area contributed by atoms with E-state index in [0.29, 0.717) is 5.56 Å². The van der Waals surface area contributed by atoms with E-state index in [9.17, 15) is 4.79 Å². The smallest absolute Gasteiger partial charge is 0.253 e. The van der Waals surface area contributed by atoms with Crippen molar-refractivity contribution >= 4 is 5.91 Å². The molecule has 0 saturated heterocycles. The first kappa shape index (κ1) is 12.4. The Morgan fingerprint density at radius 2 is 2.33 bits per heavy atom. The van der Waals surface area contributed by atoms with Crippen molar-refractivity contribution in [2.24, 2.45) is 7.05 Å². The molecule has 2 aromatic heterocycles. The minimum absolute atomic E-state index is 0.0145. The molecule has 2 rings (SSSR count). The number of aromatic nitrogens is 3. The standard InChI is InChI=1S/C13H18N4O/c1-4-11(12-6-8-15-17(12)3)16-13(18)10-5-7-14-9(10)2/h5-8,11,14H,4H2,1-3H3,(H,16,18). The average Bonchev–Trinajstić information content (AvgIpc) is 2.95. The number of rotatable bonds is 4. The van der Waals surface area contributed by atoms with Crippen molar-refractivity contribution in [2.75, 3.05) is 0 Å². The predicted octanol–water partition coefficient (Wildman–Crippen LogP) is 1.94. The van der Waals surface area contributed by atoms with Crippen LogP contribution in [0.5, 0.6) is 0 Å². The zero-order valence-electron chi connectivity index (χ0n) is 10.9. The second-order valence-corrected chi connectivity index (χ2v) is 4.33. The molecule has 0 fully saturated rings. The number of aromatic amines is 1. The van der Waals surface area contributed by atoms with Crippen LogP contribution in [0.4, 0.5) is 0 Å². The number of nitrogens with zero attached hydrogens (tertiary/aromatic N) is 2. The minimum Gasteiger partial charge on any atom is -0.365 e. The Balaban J connectivity index is 2.15. The van der Waals surface area contributed by atoms with E-state index in [1.807, 2.05) is 27.0 Å². The van der Waals surface area contributed by atoms with Gasteiger partial charge in [-0.1, -0.05) is 6.92 Å². The van der Waals surface area contributed by atoms with Crippen molar-refractivity contribution in [1.82, 2.24) is 20.1 Å². The molecular weight excluding hydrogens is 228 g/mol. The highest BCUT2D eigenvalue weighted by atomic mass is 16.1. The van der Waals surface area contributed by atoms with Crippen LogP contribution in [0.3, 0.4) is 0 Å². The fraction of sp³-hybridized carbons (Fsp3) is 0.385. The number of carbonyl (C=O) groups excluding carboxylic acids is 1. The summed E-state index contributed by atoms with van der Waals surface area (Å²) >= 11 is 0. The lowest BCUT2D eigenvalue weighted by atomic mass is 10.1. The topological polar surface area (TPSA) is 62.7 Å². The zero-order valence-corrected chi connectivity index (χ0v) is 10.9. The van der Waals surface area contributed by atoms with Gasteiger partial charge in [-0.15, -0.1) is 0 Å². The van der Waals surface area contributed by atoms with Crippen LogP contribution in [0.2, 0.25) is 0 Å². The lowest BCUT2D eigenvalue weighted by Gasteiger charge is -2.17. The van der Waals surface area contributed by atoms with Gasteiger partial charge in [0.25, 0.3) is 5.91 Å². The van der Waals surface area contributed by atoms with E-state index < -0.39 is 0 Å². The van der Waals surface area contributed by atoms with Crippen LogP contribution in [0.1, 0.15) is 41.1 Å². The van der Waals surface area contributed by atoms with Gasteiger partial charge in [-0.05, 0) is 25.5 Å². The van der Waals surface area contributed by atoms with Gasteiger partial charge in [-0.25, -0.2) is 0 Å². The van der Waals surface area contributed by atoms with E-state index in [2.05, 4.69) is 15.4 Å². The molecule has 96 valence electrons. The molecule has 5 heteroatoms. The molecule has 0 aliphatic heterocycles. The van der Waals surface area contributed by atoms with Crippen molar-refractivity contribution in [3.63, 3.8) is 0 Å². The summed E-state index contributed by atoms with van der Waals surface area (Å²) in [5, 5.41) is 7.17. The molecular formula is C13H18N4O. The number of hydrogen-bond acceptors (Lipinski definition) is 2. The molecule has 1 unspecified atom stereocenters. The lowest BCUT2D eigenvalue weighted by molar-refractivity contribution is 0.0933. The van der Waals surface area contributed by atoms with Crippen molar-refractivity contribution in [2.45, 2.75) is 26.3 Å². The van der Waals surface area contributed by atoms with Gasteiger partial charge in [-0.3, -0.25) is 9.48 Å². The summed E-state index contributed by atoms with van der Waals surface area (Å²) in [6.07, 6.45) is 4.34. The largest absolute Gasteiger partial charge is 0.365 e. The van der Waals surface area contributed by atoms with Gasteiger partial charge >= 0.3 is 0 Å². The second kappa shape index (κ2) is 5.08. The quantitative estimate of drug-likeness (QED) is 0.866. The summed E-state index contributed by atoms with van der Waals surface area (Å²) < 4.78 is 1.79. The molecule has 0 aliphatic rings. The maximum absolute atomic E-state index is 12.1. The third-order valence-electron chi connectivity index (χ3n) is 3.13. The molecule has 0 spiro atoms. The van der Waals surface area contributed by atoms with Crippen LogP contribution in [0.25, 0.3) is 0 Å². The van der Waals surface area contributed by atoms with Crippen LogP contribution in [0.15, 0.2) is 24.5 Å². The van der Waals surface area contributed by atoms with Gasteiger partial charge in [0.15, 0.2) is 0 Å². The molecule has 5 nitrogen and oxygen atoms in total. The molecule has 0 bridgehead atoms. The Hall–Kier alpha value is -2.04. The van der Waals surface area contributed by atoms with Crippen molar-refractivity contribution in [1.29, 1.82) is 0 Å². The molecule has 2 heterocycles. The molecule has 2 aromatic rings.